The monoisotopic (exact) mass is 354 g/mol. The fourth-order valence-corrected chi connectivity index (χ4v) is 8.31. The summed E-state index contributed by atoms with van der Waals surface area (Å²) in [6, 6.07) is 17.8. The molecule has 0 N–H and O–H groups in total. The van der Waals surface area contributed by atoms with Gasteiger partial charge in [0.15, 0.2) is 0 Å². The van der Waals surface area contributed by atoms with Crippen molar-refractivity contribution in [3.05, 3.63) is 70.8 Å². The zero-order chi connectivity index (χ0) is 16.1. The first kappa shape index (κ1) is 14.2. The van der Waals surface area contributed by atoms with Gasteiger partial charge in [0, 0.05) is 23.7 Å². The van der Waals surface area contributed by atoms with E-state index in [2.05, 4.69) is 48.5 Å². The van der Waals surface area contributed by atoms with Crippen LogP contribution in [0, 0.1) is 0 Å². The highest BCUT2D eigenvalue weighted by Gasteiger charge is 2.73. The molecule has 2 aromatic rings. The van der Waals surface area contributed by atoms with Crippen LogP contribution in [0.2, 0.25) is 0 Å². The molecular formula is C22H20Cl2. The van der Waals surface area contributed by atoms with E-state index in [1.165, 1.54) is 47.9 Å². The van der Waals surface area contributed by atoms with Crippen LogP contribution < -0.4 is 0 Å². The van der Waals surface area contributed by atoms with Gasteiger partial charge >= 0.3 is 0 Å². The molecular weight excluding hydrogens is 335 g/mol. The van der Waals surface area contributed by atoms with Crippen LogP contribution in [0.1, 0.15) is 71.6 Å². The Kier molecular flexibility index (Phi) is 2.61. The largest absolute Gasteiger partial charge is 0.116 e. The number of fused-ring (bicyclic) bond motifs is 11. The van der Waals surface area contributed by atoms with Gasteiger partial charge in [-0.2, -0.15) is 0 Å². The van der Waals surface area contributed by atoms with Gasteiger partial charge in [0.2, 0.25) is 0 Å². The van der Waals surface area contributed by atoms with Crippen molar-refractivity contribution in [3.63, 3.8) is 0 Å². The van der Waals surface area contributed by atoms with Crippen molar-refractivity contribution in [2.45, 2.75) is 59.1 Å². The number of hydrogen-bond acceptors (Lipinski definition) is 0. The molecule has 122 valence electrons. The number of rotatable bonds is 1. The van der Waals surface area contributed by atoms with Gasteiger partial charge in [-0.15, -0.1) is 23.2 Å². The van der Waals surface area contributed by atoms with Gasteiger partial charge in [0.05, 0.1) is 9.75 Å². The van der Waals surface area contributed by atoms with Crippen LogP contribution in [0.5, 0.6) is 0 Å². The van der Waals surface area contributed by atoms with Gasteiger partial charge in [-0.25, -0.2) is 0 Å². The minimum atomic E-state index is -0.330. The van der Waals surface area contributed by atoms with Crippen molar-refractivity contribution in [1.82, 2.24) is 0 Å². The summed E-state index contributed by atoms with van der Waals surface area (Å²) in [4.78, 5) is -0.661. The first-order valence-corrected chi connectivity index (χ1v) is 9.98. The molecule has 0 amide bonds. The Hall–Kier alpha value is -0.980. The molecule has 6 rings (SSSR count). The Morgan fingerprint density at radius 1 is 0.542 bits per heavy atom. The second-order valence-electron chi connectivity index (χ2n) is 8.16. The summed E-state index contributed by atoms with van der Waals surface area (Å²) in [6.45, 7) is 0. The Morgan fingerprint density at radius 2 is 0.792 bits per heavy atom. The molecule has 2 saturated carbocycles. The smallest absolute Gasteiger partial charge is 0.0786 e. The third kappa shape index (κ3) is 1.32. The molecule has 0 radical (unpaired) electrons. The molecule has 2 unspecified atom stereocenters. The average Bonchev–Trinajstić information content (AvgIpc) is 3.30. The molecule has 4 aliphatic rings. The molecule has 0 saturated heterocycles. The van der Waals surface area contributed by atoms with Crippen molar-refractivity contribution >= 4 is 23.2 Å². The Bertz CT molecular complexity index is 721. The Morgan fingerprint density at radius 3 is 1.04 bits per heavy atom. The molecule has 4 bridgehead atoms. The summed E-state index contributed by atoms with van der Waals surface area (Å²) in [5, 5.41) is 0. The number of alkyl halides is 2. The van der Waals surface area contributed by atoms with Gasteiger partial charge in [0.25, 0.3) is 0 Å². The quantitative estimate of drug-likeness (QED) is 0.527. The van der Waals surface area contributed by atoms with Gasteiger partial charge in [-0.05, 0) is 47.9 Å². The summed E-state index contributed by atoms with van der Waals surface area (Å²) in [7, 11) is 0. The third-order valence-corrected chi connectivity index (χ3v) is 9.37. The molecule has 0 spiro atoms. The topological polar surface area (TPSA) is 0 Å². The number of hydrogen-bond donors (Lipinski definition) is 0. The lowest BCUT2D eigenvalue weighted by molar-refractivity contribution is 0.344. The molecule has 0 aliphatic heterocycles. The van der Waals surface area contributed by atoms with Crippen LogP contribution in [-0.4, -0.2) is 9.75 Å². The van der Waals surface area contributed by atoms with E-state index >= 15 is 0 Å². The minimum absolute atomic E-state index is 0.330. The van der Waals surface area contributed by atoms with E-state index in [-0.39, 0.29) is 9.75 Å². The third-order valence-electron chi connectivity index (χ3n) is 7.60. The predicted molar refractivity (Wildman–Crippen MR) is 99.5 cm³/mol. The zero-order valence-corrected chi connectivity index (χ0v) is 15.0. The summed E-state index contributed by atoms with van der Waals surface area (Å²) >= 11 is 15.3. The first-order valence-electron chi connectivity index (χ1n) is 9.23. The van der Waals surface area contributed by atoms with Gasteiger partial charge in [-0.1, -0.05) is 48.5 Å². The van der Waals surface area contributed by atoms with E-state index in [1.807, 2.05) is 0 Å². The standard InChI is InChI=1S/C22H20Cl2/c23-21(17-9-10-18(21)14-6-2-1-5-13(14)17)22(24)19-11-12-20(22)16-8-4-3-7-15(16)19/h1-8,17-20H,9-12H2/t17-,18+,19-,20+,21?,22?. The highest BCUT2D eigenvalue weighted by Crippen LogP contribution is 2.77. The fraction of sp³-hybridized carbons (Fsp3) is 0.455. The summed E-state index contributed by atoms with van der Waals surface area (Å²) in [5.74, 6) is 1.65. The van der Waals surface area contributed by atoms with Crippen molar-refractivity contribution in [1.29, 1.82) is 0 Å². The number of halogens is 2. The second kappa shape index (κ2) is 4.40. The maximum atomic E-state index is 7.63. The van der Waals surface area contributed by atoms with Gasteiger partial charge < -0.3 is 0 Å². The molecule has 0 aromatic heterocycles. The van der Waals surface area contributed by atoms with E-state index in [9.17, 15) is 0 Å². The van der Waals surface area contributed by atoms with E-state index < -0.39 is 0 Å². The first-order chi connectivity index (χ1) is 11.7. The molecule has 0 nitrogen and oxygen atoms in total. The molecule has 24 heavy (non-hydrogen) atoms. The minimum Gasteiger partial charge on any atom is -0.116 e. The zero-order valence-electron chi connectivity index (χ0n) is 13.5. The van der Waals surface area contributed by atoms with Gasteiger partial charge in [0.1, 0.15) is 0 Å². The highest BCUT2D eigenvalue weighted by atomic mass is 35.5. The predicted octanol–water partition coefficient (Wildman–Crippen LogP) is 6.29. The van der Waals surface area contributed by atoms with Crippen LogP contribution in [0.4, 0.5) is 0 Å². The molecule has 4 aliphatic carbocycles. The van der Waals surface area contributed by atoms with Crippen LogP contribution in [0.15, 0.2) is 48.5 Å². The van der Waals surface area contributed by atoms with Crippen molar-refractivity contribution in [2.75, 3.05) is 0 Å². The van der Waals surface area contributed by atoms with Crippen molar-refractivity contribution < 1.29 is 0 Å². The molecule has 2 aromatic carbocycles. The maximum Gasteiger partial charge on any atom is 0.0786 e. The van der Waals surface area contributed by atoms with Crippen LogP contribution in [-0.2, 0) is 0 Å². The van der Waals surface area contributed by atoms with Crippen LogP contribution >= 0.6 is 23.2 Å². The van der Waals surface area contributed by atoms with E-state index in [4.69, 9.17) is 23.2 Å². The summed E-state index contributed by atoms with van der Waals surface area (Å²) in [5.41, 5.74) is 5.89. The van der Waals surface area contributed by atoms with Crippen molar-refractivity contribution in [3.8, 4) is 0 Å². The maximum absolute atomic E-state index is 7.63. The molecule has 6 atom stereocenters. The Labute approximate surface area is 153 Å². The van der Waals surface area contributed by atoms with Crippen LogP contribution in [0.3, 0.4) is 0 Å². The van der Waals surface area contributed by atoms with E-state index in [1.54, 1.807) is 0 Å². The average molecular weight is 355 g/mol. The lowest BCUT2D eigenvalue weighted by atomic mass is 9.73. The van der Waals surface area contributed by atoms with Crippen molar-refractivity contribution in [2.24, 2.45) is 0 Å². The lowest BCUT2D eigenvalue weighted by Crippen LogP contribution is -2.50. The molecule has 2 fully saturated rings. The lowest BCUT2D eigenvalue weighted by Gasteiger charge is -2.45. The molecule has 0 heterocycles. The molecule has 2 heteroatoms. The number of benzene rings is 2. The van der Waals surface area contributed by atoms with E-state index in [0.29, 0.717) is 23.7 Å². The summed E-state index contributed by atoms with van der Waals surface area (Å²) in [6.07, 6.45) is 4.76. The van der Waals surface area contributed by atoms with Crippen LogP contribution in [0.25, 0.3) is 0 Å². The van der Waals surface area contributed by atoms with Gasteiger partial charge in [-0.3, -0.25) is 0 Å². The SMILES string of the molecule is ClC1(C2(Cl)[C@@H]3CC[C@H]2c2ccccc23)[C@@H]2CC[C@H]1c1ccccc12. The summed E-state index contributed by atoms with van der Waals surface area (Å²) < 4.78 is 0. The second-order valence-corrected chi connectivity index (χ2v) is 9.41. The fourth-order valence-electron chi connectivity index (χ4n) is 6.88. The van der Waals surface area contributed by atoms with E-state index in [0.717, 1.165) is 0 Å². The highest BCUT2D eigenvalue weighted by molar-refractivity contribution is 6.37. The normalized spacial score (nSPS) is 43.9. The Balaban J connectivity index is 1.57.